The molecule has 1 aliphatic heterocycles. The molecule has 1 aliphatic rings. The molecule has 1 fully saturated rings. The van der Waals surface area contributed by atoms with Crippen LogP contribution in [0, 0.1) is 5.41 Å². The zero-order valence-electron chi connectivity index (χ0n) is 11.7. The van der Waals surface area contributed by atoms with Crippen molar-refractivity contribution in [2.75, 3.05) is 27.3 Å². The maximum atomic E-state index is 5.70. The van der Waals surface area contributed by atoms with Gasteiger partial charge in [0.05, 0.1) is 13.2 Å². The fourth-order valence-corrected chi connectivity index (χ4v) is 2.82. The van der Waals surface area contributed by atoms with Crippen LogP contribution in [-0.2, 0) is 9.47 Å². The van der Waals surface area contributed by atoms with Crippen LogP contribution in [0.25, 0.3) is 0 Å². The van der Waals surface area contributed by atoms with E-state index < -0.39 is 0 Å². The summed E-state index contributed by atoms with van der Waals surface area (Å²) in [5.41, 5.74) is 1.30. The summed E-state index contributed by atoms with van der Waals surface area (Å²) in [5.74, 6) is 0. The summed E-state index contributed by atoms with van der Waals surface area (Å²) in [4.78, 5) is 2.25. The quantitative estimate of drug-likeness (QED) is 0.822. The summed E-state index contributed by atoms with van der Waals surface area (Å²) in [5, 5.41) is 0. The van der Waals surface area contributed by atoms with Crippen molar-refractivity contribution in [2.45, 2.75) is 26.2 Å². The van der Waals surface area contributed by atoms with Gasteiger partial charge < -0.3 is 14.4 Å². The van der Waals surface area contributed by atoms with E-state index in [1.165, 1.54) is 5.56 Å². The Morgan fingerprint density at radius 2 is 1.72 bits per heavy atom. The number of rotatable bonds is 3. The van der Waals surface area contributed by atoms with Crippen molar-refractivity contribution in [2.24, 2.45) is 5.41 Å². The first-order chi connectivity index (χ1) is 8.53. The van der Waals surface area contributed by atoms with E-state index in [-0.39, 0.29) is 11.7 Å². The Morgan fingerprint density at radius 1 is 1.17 bits per heavy atom. The molecule has 2 rings (SSSR count). The maximum absolute atomic E-state index is 5.70. The second-order valence-electron chi connectivity index (χ2n) is 5.62. The molecule has 1 aromatic rings. The first-order valence-electron chi connectivity index (χ1n) is 6.47. The Kier molecular flexibility index (Phi) is 4.05. The van der Waals surface area contributed by atoms with Gasteiger partial charge in [-0.2, -0.15) is 0 Å². The van der Waals surface area contributed by atoms with Crippen molar-refractivity contribution in [3.8, 4) is 0 Å². The molecule has 3 heteroatoms. The lowest BCUT2D eigenvalue weighted by molar-refractivity contribution is -0.229. The average Bonchev–Trinajstić information content (AvgIpc) is 2.34. The number of ether oxygens (including phenoxy) is 2. The zero-order valence-corrected chi connectivity index (χ0v) is 11.7. The van der Waals surface area contributed by atoms with E-state index in [1.807, 2.05) is 6.92 Å². The molecular formula is C15H23NO2. The van der Waals surface area contributed by atoms with Crippen LogP contribution in [0.1, 0.15) is 25.5 Å². The number of hydrogen-bond acceptors (Lipinski definition) is 3. The molecule has 100 valence electrons. The van der Waals surface area contributed by atoms with E-state index in [0.717, 1.165) is 13.2 Å². The van der Waals surface area contributed by atoms with Gasteiger partial charge in [-0.3, -0.25) is 0 Å². The first-order valence-corrected chi connectivity index (χ1v) is 6.47. The lowest BCUT2D eigenvalue weighted by Gasteiger charge is -2.45. The van der Waals surface area contributed by atoms with Crippen molar-refractivity contribution >= 4 is 0 Å². The Morgan fingerprint density at radius 3 is 2.22 bits per heavy atom. The Labute approximate surface area is 110 Å². The first kappa shape index (κ1) is 13.5. The molecule has 1 aromatic carbocycles. The minimum atomic E-state index is -0.0864. The Balaban J connectivity index is 2.25. The molecule has 3 nitrogen and oxygen atoms in total. The van der Waals surface area contributed by atoms with Crippen molar-refractivity contribution in [3.05, 3.63) is 35.9 Å². The predicted molar refractivity (Wildman–Crippen MR) is 72.3 cm³/mol. The largest absolute Gasteiger partial charge is 0.352 e. The third kappa shape index (κ3) is 2.74. The Bertz CT molecular complexity index is 369. The van der Waals surface area contributed by atoms with Gasteiger partial charge in [-0.25, -0.2) is 0 Å². The van der Waals surface area contributed by atoms with E-state index in [1.54, 1.807) is 0 Å². The second-order valence-corrected chi connectivity index (χ2v) is 5.62. The topological polar surface area (TPSA) is 21.7 Å². The lowest BCUT2D eigenvalue weighted by Crippen LogP contribution is -2.47. The van der Waals surface area contributed by atoms with E-state index in [9.17, 15) is 0 Å². The lowest BCUT2D eigenvalue weighted by atomic mass is 9.78. The number of nitrogens with zero attached hydrogens (tertiary/aromatic N) is 1. The molecule has 0 aliphatic carbocycles. The maximum Gasteiger partial charge on any atom is 0.154 e. The van der Waals surface area contributed by atoms with Crippen LogP contribution in [0.15, 0.2) is 30.3 Å². The molecule has 0 spiro atoms. The highest BCUT2D eigenvalue weighted by atomic mass is 16.7. The van der Waals surface area contributed by atoms with Crippen LogP contribution in [0.3, 0.4) is 0 Å². The summed E-state index contributed by atoms with van der Waals surface area (Å²) < 4.78 is 11.4. The van der Waals surface area contributed by atoms with Gasteiger partial charge in [0, 0.05) is 11.5 Å². The highest BCUT2D eigenvalue weighted by Gasteiger charge is 2.40. The van der Waals surface area contributed by atoms with Gasteiger partial charge in [0.15, 0.2) is 6.29 Å². The highest BCUT2D eigenvalue weighted by Crippen LogP contribution is 2.40. The normalized spacial score (nSPS) is 30.4. The molecule has 1 heterocycles. The molecule has 0 radical (unpaired) electrons. The van der Waals surface area contributed by atoms with Gasteiger partial charge in [-0.05, 0) is 26.6 Å². The van der Waals surface area contributed by atoms with Gasteiger partial charge in [0.1, 0.15) is 0 Å². The standard InChI is InChI=1S/C15H23NO2/c1-12-17-10-15(2,11-18-12)14(16(3)4)13-8-6-5-7-9-13/h5-9,12,14H,10-11H2,1-4H3. The second kappa shape index (κ2) is 5.39. The van der Waals surface area contributed by atoms with Crippen molar-refractivity contribution < 1.29 is 9.47 Å². The smallest absolute Gasteiger partial charge is 0.154 e. The SMILES string of the molecule is CC1OCC(C)(C(c2ccccc2)N(C)C)CO1. The number of benzene rings is 1. The molecule has 0 amide bonds. The van der Waals surface area contributed by atoms with Crippen LogP contribution in [0.4, 0.5) is 0 Å². The summed E-state index contributed by atoms with van der Waals surface area (Å²) in [6, 6.07) is 10.9. The van der Waals surface area contributed by atoms with E-state index in [2.05, 4.69) is 56.3 Å². The van der Waals surface area contributed by atoms with Gasteiger partial charge in [-0.15, -0.1) is 0 Å². The van der Waals surface area contributed by atoms with Crippen LogP contribution < -0.4 is 0 Å². The molecule has 0 aromatic heterocycles. The number of hydrogen-bond donors (Lipinski definition) is 0. The summed E-state index contributed by atoms with van der Waals surface area (Å²) in [7, 11) is 4.22. The molecule has 1 atom stereocenters. The molecule has 1 unspecified atom stereocenters. The monoisotopic (exact) mass is 249 g/mol. The minimum Gasteiger partial charge on any atom is -0.352 e. The fourth-order valence-electron chi connectivity index (χ4n) is 2.82. The van der Waals surface area contributed by atoms with Gasteiger partial charge in [0.2, 0.25) is 0 Å². The van der Waals surface area contributed by atoms with E-state index in [4.69, 9.17) is 9.47 Å². The molecule has 0 saturated carbocycles. The van der Waals surface area contributed by atoms with E-state index >= 15 is 0 Å². The highest BCUT2D eigenvalue weighted by molar-refractivity contribution is 5.21. The van der Waals surface area contributed by atoms with Gasteiger partial charge in [0.25, 0.3) is 0 Å². The van der Waals surface area contributed by atoms with Gasteiger partial charge in [-0.1, -0.05) is 37.3 Å². The van der Waals surface area contributed by atoms with E-state index in [0.29, 0.717) is 6.04 Å². The molecule has 0 N–H and O–H groups in total. The molecule has 0 bridgehead atoms. The van der Waals surface area contributed by atoms with Crippen LogP contribution in [0.5, 0.6) is 0 Å². The van der Waals surface area contributed by atoms with Crippen LogP contribution in [0.2, 0.25) is 0 Å². The van der Waals surface area contributed by atoms with Crippen molar-refractivity contribution in [3.63, 3.8) is 0 Å². The van der Waals surface area contributed by atoms with Crippen LogP contribution in [-0.4, -0.2) is 38.5 Å². The third-order valence-corrected chi connectivity index (χ3v) is 3.59. The Hall–Kier alpha value is -0.900. The molecule has 1 saturated heterocycles. The summed E-state index contributed by atoms with van der Waals surface area (Å²) >= 11 is 0. The van der Waals surface area contributed by atoms with Crippen molar-refractivity contribution in [1.82, 2.24) is 4.90 Å². The summed E-state index contributed by atoms with van der Waals surface area (Å²) in [6.07, 6.45) is -0.0864. The van der Waals surface area contributed by atoms with Gasteiger partial charge >= 0.3 is 0 Å². The van der Waals surface area contributed by atoms with Crippen molar-refractivity contribution in [1.29, 1.82) is 0 Å². The van der Waals surface area contributed by atoms with Crippen LogP contribution >= 0.6 is 0 Å². The third-order valence-electron chi connectivity index (χ3n) is 3.59. The zero-order chi connectivity index (χ0) is 13.2. The average molecular weight is 249 g/mol. The molecular weight excluding hydrogens is 226 g/mol. The predicted octanol–water partition coefficient (Wildman–Crippen LogP) is 2.69. The fraction of sp³-hybridized carbons (Fsp3) is 0.600. The minimum absolute atomic E-state index is 0.0165. The summed E-state index contributed by atoms with van der Waals surface area (Å²) in [6.45, 7) is 5.64. The molecule has 18 heavy (non-hydrogen) atoms.